The number of rotatable bonds is 7. The van der Waals surface area contributed by atoms with E-state index in [9.17, 15) is 0 Å². The zero-order valence-corrected chi connectivity index (χ0v) is 17.8. The molecule has 2 N–H and O–H groups in total. The molecule has 28 heavy (non-hydrogen) atoms. The molecule has 1 aromatic heterocycles. The van der Waals surface area contributed by atoms with E-state index in [1.807, 2.05) is 24.4 Å². The maximum atomic E-state index is 4.34. The van der Waals surface area contributed by atoms with Crippen molar-refractivity contribution in [2.24, 2.45) is 0 Å². The predicted octanol–water partition coefficient (Wildman–Crippen LogP) is 5.12. The molecule has 1 aliphatic rings. The van der Waals surface area contributed by atoms with E-state index in [0.29, 0.717) is 6.04 Å². The van der Waals surface area contributed by atoms with Crippen LogP contribution in [0.2, 0.25) is 0 Å². The maximum Gasteiger partial charge on any atom is 0.0541 e. The van der Waals surface area contributed by atoms with Crippen LogP contribution in [0.25, 0.3) is 0 Å². The van der Waals surface area contributed by atoms with Gasteiger partial charge in [-0.25, -0.2) is 0 Å². The summed E-state index contributed by atoms with van der Waals surface area (Å²) in [4.78, 5) is 4.34. The summed E-state index contributed by atoms with van der Waals surface area (Å²) in [6.45, 7) is 2.58. The lowest BCUT2D eigenvalue weighted by molar-refractivity contribution is 0.459. The van der Waals surface area contributed by atoms with Gasteiger partial charge in [-0.05, 0) is 53.6 Å². The topological polar surface area (TPSA) is 37.0 Å². The Kier molecular flexibility index (Phi) is 7.78. The third-order valence-corrected chi connectivity index (χ3v) is 5.31. The van der Waals surface area contributed by atoms with Crippen LogP contribution in [0.5, 0.6) is 0 Å². The van der Waals surface area contributed by atoms with Crippen LogP contribution in [-0.4, -0.2) is 4.98 Å². The summed E-state index contributed by atoms with van der Waals surface area (Å²) in [5.41, 5.74) is 6.71. The SMILES string of the molecule is Br.c1ccc(CNCc2ccc(CNC3CCCc4ccccc43)cc2)nc1. The molecule has 3 nitrogen and oxygen atoms in total. The van der Waals surface area contributed by atoms with Crippen molar-refractivity contribution in [3.63, 3.8) is 0 Å². The lowest BCUT2D eigenvalue weighted by atomic mass is 9.87. The van der Waals surface area contributed by atoms with Gasteiger partial charge in [0.1, 0.15) is 0 Å². The summed E-state index contributed by atoms with van der Waals surface area (Å²) in [5.74, 6) is 0. The molecule has 0 bridgehead atoms. The highest BCUT2D eigenvalue weighted by Crippen LogP contribution is 2.29. The van der Waals surface area contributed by atoms with Gasteiger partial charge in [-0.2, -0.15) is 0 Å². The number of pyridine rings is 1. The van der Waals surface area contributed by atoms with E-state index in [1.54, 1.807) is 0 Å². The molecule has 1 atom stereocenters. The van der Waals surface area contributed by atoms with E-state index >= 15 is 0 Å². The molecule has 0 radical (unpaired) electrons. The Bertz CT molecular complexity index is 849. The first-order valence-electron chi connectivity index (χ1n) is 9.88. The van der Waals surface area contributed by atoms with Crippen LogP contribution in [0.4, 0.5) is 0 Å². The highest BCUT2D eigenvalue weighted by atomic mass is 79.9. The number of halogens is 1. The van der Waals surface area contributed by atoms with Gasteiger partial charge < -0.3 is 10.6 Å². The van der Waals surface area contributed by atoms with Gasteiger partial charge in [-0.1, -0.05) is 54.6 Å². The van der Waals surface area contributed by atoms with Gasteiger partial charge in [-0.15, -0.1) is 17.0 Å². The molecule has 2 aromatic carbocycles. The van der Waals surface area contributed by atoms with Gasteiger partial charge in [0.25, 0.3) is 0 Å². The Hall–Kier alpha value is -2.01. The largest absolute Gasteiger partial charge is 0.307 e. The van der Waals surface area contributed by atoms with Crippen molar-refractivity contribution in [2.75, 3.05) is 0 Å². The van der Waals surface area contributed by atoms with E-state index in [0.717, 1.165) is 25.3 Å². The average molecular weight is 438 g/mol. The van der Waals surface area contributed by atoms with Crippen molar-refractivity contribution < 1.29 is 0 Å². The van der Waals surface area contributed by atoms with Crippen LogP contribution in [0.1, 0.15) is 46.8 Å². The first-order chi connectivity index (χ1) is 13.4. The Labute approximate surface area is 178 Å². The van der Waals surface area contributed by atoms with Crippen LogP contribution in [0, 0.1) is 0 Å². The molecule has 1 heterocycles. The lowest BCUT2D eigenvalue weighted by Crippen LogP contribution is -2.24. The number of nitrogens with zero attached hydrogens (tertiary/aromatic N) is 1. The molecular formula is C24H28BrN3. The van der Waals surface area contributed by atoms with Crippen molar-refractivity contribution in [1.82, 2.24) is 15.6 Å². The summed E-state index contributed by atoms with van der Waals surface area (Å²) in [6, 6.07) is 24.3. The van der Waals surface area contributed by atoms with Gasteiger partial charge in [0.15, 0.2) is 0 Å². The number of hydrogen-bond acceptors (Lipinski definition) is 3. The van der Waals surface area contributed by atoms with Crippen LogP contribution in [0.15, 0.2) is 72.9 Å². The van der Waals surface area contributed by atoms with E-state index in [-0.39, 0.29) is 17.0 Å². The van der Waals surface area contributed by atoms with E-state index in [1.165, 1.54) is 41.5 Å². The minimum Gasteiger partial charge on any atom is -0.307 e. The molecule has 1 aliphatic carbocycles. The molecule has 3 aromatic rings. The minimum absolute atomic E-state index is 0. The molecule has 0 amide bonds. The van der Waals surface area contributed by atoms with Crippen molar-refractivity contribution in [2.45, 2.75) is 44.9 Å². The molecule has 0 fully saturated rings. The lowest BCUT2D eigenvalue weighted by Gasteiger charge is -2.26. The molecular weight excluding hydrogens is 410 g/mol. The number of benzene rings is 2. The zero-order valence-electron chi connectivity index (χ0n) is 16.1. The Morgan fingerprint density at radius 2 is 1.57 bits per heavy atom. The molecule has 4 heteroatoms. The predicted molar refractivity (Wildman–Crippen MR) is 121 cm³/mol. The fourth-order valence-electron chi connectivity index (χ4n) is 3.82. The second kappa shape index (κ2) is 10.5. The van der Waals surface area contributed by atoms with Crippen LogP contribution >= 0.6 is 17.0 Å². The fourth-order valence-corrected chi connectivity index (χ4v) is 3.82. The molecule has 0 saturated carbocycles. The smallest absolute Gasteiger partial charge is 0.0541 e. The van der Waals surface area contributed by atoms with E-state index in [2.05, 4.69) is 64.1 Å². The number of hydrogen-bond donors (Lipinski definition) is 2. The number of nitrogens with one attached hydrogen (secondary N) is 2. The van der Waals surface area contributed by atoms with Crippen LogP contribution < -0.4 is 10.6 Å². The second-order valence-corrected chi connectivity index (χ2v) is 7.27. The third-order valence-electron chi connectivity index (χ3n) is 5.31. The molecule has 0 spiro atoms. The van der Waals surface area contributed by atoms with Gasteiger partial charge in [0, 0.05) is 31.9 Å². The molecule has 146 valence electrons. The number of aryl methyl sites for hydroxylation is 1. The quantitative estimate of drug-likeness (QED) is 0.538. The summed E-state index contributed by atoms with van der Waals surface area (Å²) in [7, 11) is 0. The molecule has 0 aliphatic heterocycles. The van der Waals surface area contributed by atoms with Gasteiger partial charge in [0.2, 0.25) is 0 Å². The van der Waals surface area contributed by atoms with Gasteiger partial charge in [-0.3, -0.25) is 4.98 Å². The summed E-state index contributed by atoms with van der Waals surface area (Å²) < 4.78 is 0. The highest BCUT2D eigenvalue weighted by molar-refractivity contribution is 8.93. The van der Waals surface area contributed by atoms with Crippen molar-refractivity contribution in [3.05, 3.63) is 101 Å². The second-order valence-electron chi connectivity index (χ2n) is 7.27. The minimum atomic E-state index is 0. The van der Waals surface area contributed by atoms with Crippen LogP contribution in [-0.2, 0) is 26.1 Å². The normalized spacial score (nSPS) is 15.5. The number of fused-ring (bicyclic) bond motifs is 1. The van der Waals surface area contributed by atoms with Crippen molar-refractivity contribution in [1.29, 1.82) is 0 Å². The first-order valence-corrected chi connectivity index (χ1v) is 9.88. The molecule has 0 saturated heterocycles. The maximum absolute atomic E-state index is 4.34. The highest BCUT2D eigenvalue weighted by Gasteiger charge is 2.18. The van der Waals surface area contributed by atoms with Crippen LogP contribution in [0.3, 0.4) is 0 Å². The Morgan fingerprint density at radius 1 is 0.821 bits per heavy atom. The Balaban J connectivity index is 0.00000225. The zero-order chi connectivity index (χ0) is 18.3. The van der Waals surface area contributed by atoms with E-state index in [4.69, 9.17) is 0 Å². The fraction of sp³-hybridized carbons (Fsp3) is 0.292. The standard InChI is InChI=1S/C24H27N3.BrH/c1-2-9-23-21(6-1)7-5-10-24(23)27-17-20-13-11-19(12-14-20)16-25-18-22-8-3-4-15-26-22;/h1-4,6,8-9,11-15,24-25,27H,5,7,10,16-18H2;1H. The van der Waals surface area contributed by atoms with Crippen molar-refractivity contribution >= 4 is 17.0 Å². The average Bonchev–Trinajstić information content (AvgIpc) is 2.74. The Morgan fingerprint density at radius 3 is 2.36 bits per heavy atom. The summed E-state index contributed by atoms with van der Waals surface area (Å²) >= 11 is 0. The monoisotopic (exact) mass is 437 g/mol. The molecule has 4 rings (SSSR count). The number of aromatic nitrogens is 1. The van der Waals surface area contributed by atoms with E-state index < -0.39 is 0 Å². The van der Waals surface area contributed by atoms with Gasteiger partial charge >= 0.3 is 0 Å². The third kappa shape index (κ3) is 5.51. The first kappa shape index (κ1) is 20.7. The van der Waals surface area contributed by atoms with Gasteiger partial charge in [0.05, 0.1) is 5.69 Å². The summed E-state index contributed by atoms with van der Waals surface area (Å²) in [6.07, 6.45) is 5.56. The summed E-state index contributed by atoms with van der Waals surface area (Å²) in [5, 5.41) is 7.21. The van der Waals surface area contributed by atoms with Crippen molar-refractivity contribution in [3.8, 4) is 0 Å². The molecule has 1 unspecified atom stereocenters.